The number of rotatable bonds is 28. The van der Waals surface area contributed by atoms with Crippen molar-refractivity contribution in [1.82, 2.24) is 0 Å². The normalized spacial score (nSPS) is 11.1. The minimum atomic E-state index is -0.921. The van der Waals surface area contributed by atoms with Crippen molar-refractivity contribution in [3.63, 3.8) is 0 Å². The van der Waals surface area contributed by atoms with Gasteiger partial charge in [-0.2, -0.15) is 0 Å². The minimum absolute atomic E-state index is 0. The van der Waals surface area contributed by atoms with Crippen LogP contribution in [0, 0.1) is 0 Å². The van der Waals surface area contributed by atoms with E-state index in [9.17, 15) is 19.8 Å². The van der Waals surface area contributed by atoms with Crippen molar-refractivity contribution in [3.05, 3.63) is 48.6 Å². The van der Waals surface area contributed by atoms with E-state index in [1.54, 1.807) is 0 Å². The van der Waals surface area contributed by atoms with Crippen LogP contribution in [0.5, 0.6) is 0 Å². The van der Waals surface area contributed by atoms with Crippen LogP contribution < -0.4 is 113 Å². The van der Waals surface area contributed by atoms with E-state index in [0.717, 1.165) is 64.2 Å². The predicted molar refractivity (Wildman–Crippen MR) is 169 cm³/mol. The Morgan fingerprint density at radius 1 is 0.405 bits per heavy atom. The summed E-state index contributed by atoms with van der Waals surface area (Å²) in [6.07, 6.45) is 43.9. The molecule has 0 fully saturated rings. The summed E-state index contributed by atoms with van der Waals surface area (Å²) in [6.45, 7) is 4.46. The van der Waals surface area contributed by atoms with Crippen molar-refractivity contribution in [3.8, 4) is 0 Å². The van der Waals surface area contributed by atoms with E-state index in [1.165, 1.54) is 77.0 Å². The fourth-order valence-electron chi connectivity index (χ4n) is 4.16. The zero-order chi connectivity index (χ0) is 29.8. The van der Waals surface area contributed by atoms with Crippen molar-refractivity contribution < 1.29 is 123 Å². The summed E-state index contributed by atoms with van der Waals surface area (Å²) in [7, 11) is 0. The summed E-state index contributed by atoms with van der Waals surface area (Å²) in [5.74, 6) is -1.84. The summed E-state index contributed by atoms with van der Waals surface area (Å²) >= 11 is 0. The monoisotopic (exact) mass is 636 g/mol. The summed E-state index contributed by atoms with van der Waals surface area (Å²) in [4.78, 5) is 20.4. The van der Waals surface area contributed by atoms with Gasteiger partial charge in [-0.25, -0.2) is 0 Å². The van der Waals surface area contributed by atoms with Gasteiger partial charge in [0.15, 0.2) is 0 Å². The minimum Gasteiger partial charge on any atom is -0.550 e. The molecular formula is C36H62K2O4. The molecule has 0 aromatic carbocycles. The van der Waals surface area contributed by atoms with Crippen LogP contribution in [0.25, 0.3) is 0 Å². The first kappa shape index (κ1) is 50.0. The van der Waals surface area contributed by atoms with Gasteiger partial charge < -0.3 is 19.8 Å². The number of carbonyl (C=O) groups excluding carboxylic acids is 2. The molecule has 0 aliphatic rings. The average Bonchev–Trinajstić information content (AvgIpc) is 2.93. The third kappa shape index (κ3) is 53.7. The van der Waals surface area contributed by atoms with E-state index >= 15 is 0 Å². The van der Waals surface area contributed by atoms with Gasteiger partial charge in [-0.05, 0) is 89.9 Å². The second-order valence-electron chi connectivity index (χ2n) is 10.7. The van der Waals surface area contributed by atoms with Crippen LogP contribution in [0.2, 0.25) is 0 Å². The molecule has 0 N–H and O–H groups in total. The van der Waals surface area contributed by atoms with E-state index in [0.29, 0.717) is 0 Å². The molecule has 232 valence electrons. The van der Waals surface area contributed by atoms with E-state index in [-0.39, 0.29) is 116 Å². The number of carboxylic acids is 2. The van der Waals surface area contributed by atoms with Crippen LogP contribution >= 0.6 is 0 Å². The molecule has 0 saturated heterocycles. The molecular weight excluding hydrogens is 575 g/mol. The Kier molecular flexibility index (Phi) is 55.5. The molecule has 42 heavy (non-hydrogen) atoms. The molecule has 0 aromatic heterocycles. The van der Waals surface area contributed by atoms with Crippen molar-refractivity contribution >= 4 is 11.9 Å². The van der Waals surface area contributed by atoms with Gasteiger partial charge in [-0.3, -0.25) is 0 Å². The SMILES string of the molecule is CCCCC/C=C\C/C=C\CCCCCCCC(=O)[O-].CCCCC/C=C\C/C=C\CCCCCCCC(=O)[O-].[K+].[K+]. The molecule has 0 atom stereocenters. The third-order valence-electron chi connectivity index (χ3n) is 6.66. The molecule has 0 saturated carbocycles. The van der Waals surface area contributed by atoms with Crippen molar-refractivity contribution in [2.24, 2.45) is 0 Å². The van der Waals surface area contributed by atoms with E-state index in [1.807, 2.05) is 0 Å². The maximum atomic E-state index is 10.2. The Morgan fingerprint density at radius 3 is 0.952 bits per heavy atom. The first-order valence-electron chi connectivity index (χ1n) is 16.5. The second-order valence-corrected chi connectivity index (χ2v) is 10.7. The number of aliphatic carboxylic acids is 2. The number of allylic oxidation sites excluding steroid dienone is 8. The van der Waals surface area contributed by atoms with E-state index < -0.39 is 11.9 Å². The van der Waals surface area contributed by atoms with Crippen LogP contribution in [0.15, 0.2) is 48.6 Å². The van der Waals surface area contributed by atoms with Crippen molar-refractivity contribution in [2.75, 3.05) is 0 Å². The Balaban J connectivity index is -0.000000328. The van der Waals surface area contributed by atoms with Crippen LogP contribution in [0.4, 0.5) is 0 Å². The number of hydrogen-bond donors (Lipinski definition) is 0. The molecule has 0 amide bonds. The molecule has 0 aliphatic carbocycles. The van der Waals surface area contributed by atoms with Gasteiger partial charge in [0, 0.05) is 11.9 Å². The van der Waals surface area contributed by atoms with Crippen LogP contribution in [0.3, 0.4) is 0 Å². The number of unbranched alkanes of at least 4 members (excludes halogenated alkanes) is 16. The first-order valence-corrected chi connectivity index (χ1v) is 16.5. The predicted octanol–water partition coefficient (Wildman–Crippen LogP) is 3.11. The number of carbonyl (C=O) groups is 2. The Labute approximate surface area is 346 Å². The average molecular weight is 637 g/mol. The fourth-order valence-corrected chi connectivity index (χ4v) is 4.16. The summed E-state index contributed by atoms with van der Waals surface area (Å²) in [5.41, 5.74) is 0. The third-order valence-corrected chi connectivity index (χ3v) is 6.66. The van der Waals surface area contributed by atoms with Crippen molar-refractivity contribution in [1.29, 1.82) is 0 Å². The molecule has 4 nitrogen and oxygen atoms in total. The van der Waals surface area contributed by atoms with Gasteiger partial charge >= 0.3 is 103 Å². The molecule has 0 heterocycles. The molecule has 6 heteroatoms. The van der Waals surface area contributed by atoms with Gasteiger partial charge in [0.1, 0.15) is 0 Å². The van der Waals surface area contributed by atoms with Crippen LogP contribution in [-0.2, 0) is 9.59 Å². The van der Waals surface area contributed by atoms with Crippen LogP contribution in [-0.4, -0.2) is 11.9 Å². The van der Waals surface area contributed by atoms with Gasteiger partial charge in [0.05, 0.1) is 0 Å². The van der Waals surface area contributed by atoms with Gasteiger partial charge in [0.2, 0.25) is 0 Å². The molecule has 0 spiro atoms. The Hall–Kier alpha value is 1.17. The van der Waals surface area contributed by atoms with Gasteiger partial charge in [0.25, 0.3) is 0 Å². The number of hydrogen-bond acceptors (Lipinski definition) is 4. The molecule has 0 rings (SSSR count). The maximum Gasteiger partial charge on any atom is 1.00 e. The van der Waals surface area contributed by atoms with Gasteiger partial charge in [-0.1, -0.05) is 127 Å². The first-order chi connectivity index (χ1) is 19.5. The molecule has 0 bridgehead atoms. The zero-order valence-corrected chi connectivity index (χ0v) is 34.5. The Bertz CT molecular complexity index is 601. The molecule has 0 unspecified atom stereocenters. The topological polar surface area (TPSA) is 80.3 Å². The summed E-state index contributed by atoms with van der Waals surface area (Å²) in [6, 6.07) is 0. The second kappa shape index (κ2) is 46.6. The van der Waals surface area contributed by atoms with Crippen LogP contribution in [0.1, 0.15) is 168 Å². The summed E-state index contributed by atoms with van der Waals surface area (Å²) < 4.78 is 0. The van der Waals surface area contributed by atoms with E-state index in [4.69, 9.17) is 0 Å². The molecule has 0 radical (unpaired) electrons. The smallest absolute Gasteiger partial charge is 0.550 e. The van der Waals surface area contributed by atoms with Gasteiger partial charge in [-0.15, -0.1) is 0 Å². The summed E-state index contributed by atoms with van der Waals surface area (Å²) in [5, 5.41) is 20.4. The maximum absolute atomic E-state index is 10.2. The largest absolute Gasteiger partial charge is 1.00 e. The number of carboxylic acid groups (broad SMARTS) is 2. The quantitative estimate of drug-likeness (QED) is 0.0751. The van der Waals surface area contributed by atoms with E-state index in [2.05, 4.69) is 62.5 Å². The molecule has 0 aromatic rings. The standard InChI is InChI=1S/2C18H32O2.2K/c2*1-2-3-4-5-6-7-8-9-10-11-12-13-14-15-16-17-18(19)20;;/h2*6-7,9-10H,2-5,8,11-17H2,1H3,(H,19,20);;/q;;2*+1/p-2/b2*7-6-,10-9-;;. The Morgan fingerprint density at radius 2 is 0.667 bits per heavy atom. The van der Waals surface area contributed by atoms with Crippen molar-refractivity contribution in [2.45, 2.75) is 168 Å². The molecule has 0 aliphatic heterocycles. The zero-order valence-electron chi connectivity index (χ0n) is 28.2. The fraction of sp³-hybridized carbons (Fsp3) is 0.722.